The van der Waals surface area contributed by atoms with Gasteiger partial charge in [0, 0.05) is 30.0 Å². The van der Waals surface area contributed by atoms with E-state index in [1.165, 1.54) is 0 Å². The van der Waals surface area contributed by atoms with Crippen molar-refractivity contribution in [3.05, 3.63) is 64.9 Å². The van der Waals surface area contributed by atoms with E-state index < -0.39 is 0 Å². The Balaban J connectivity index is 1.68. The maximum atomic E-state index is 13.6. The predicted molar refractivity (Wildman–Crippen MR) is 118 cm³/mol. The van der Waals surface area contributed by atoms with E-state index >= 15 is 0 Å². The van der Waals surface area contributed by atoms with Crippen LogP contribution in [0.25, 0.3) is 0 Å². The Bertz CT molecular complexity index is 1110. The molecule has 0 bridgehead atoms. The van der Waals surface area contributed by atoms with Crippen LogP contribution in [-0.4, -0.2) is 18.5 Å². The quantitative estimate of drug-likeness (QED) is 0.694. The molecule has 2 heterocycles. The van der Waals surface area contributed by atoms with Crippen molar-refractivity contribution in [3.63, 3.8) is 0 Å². The number of Topliss-reactive ketones (excluding diaryl/α,β-unsaturated/α-hetero) is 1. The fourth-order valence-corrected chi connectivity index (χ4v) is 5.14. The van der Waals surface area contributed by atoms with E-state index in [0.29, 0.717) is 24.3 Å². The second-order valence-corrected chi connectivity index (χ2v) is 9.38. The lowest BCUT2D eigenvalue weighted by Crippen LogP contribution is -2.44. The van der Waals surface area contributed by atoms with Crippen LogP contribution in [0.4, 0.5) is 5.69 Å². The van der Waals surface area contributed by atoms with Crippen LogP contribution in [0.5, 0.6) is 11.5 Å². The van der Waals surface area contributed by atoms with Crippen molar-refractivity contribution in [2.45, 2.75) is 52.4 Å². The van der Waals surface area contributed by atoms with Gasteiger partial charge in [-0.05, 0) is 47.6 Å². The van der Waals surface area contributed by atoms with Crippen LogP contribution < -0.4 is 14.4 Å². The third-order valence-electron chi connectivity index (χ3n) is 6.56. The number of para-hydroxylation sites is 1. The first kappa shape index (κ1) is 19.9. The monoisotopic (exact) mass is 417 g/mol. The summed E-state index contributed by atoms with van der Waals surface area (Å²) in [6.07, 6.45) is 2.28. The van der Waals surface area contributed by atoms with Gasteiger partial charge in [0.15, 0.2) is 17.3 Å². The average molecular weight is 418 g/mol. The van der Waals surface area contributed by atoms with Gasteiger partial charge in [0.2, 0.25) is 12.7 Å². The van der Waals surface area contributed by atoms with Crippen LogP contribution in [-0.2, 0) is 16.0 Å². The molecule has 5 rings (SSSR count). The fourth-order valence-electron chi connectivity index (χ4n) is 5.14. The lowest BCUT2D eigenvalue weighted by atomic mass is 9.69. The summed E-state index contributed by atoms with van der Waals surface area (Å²) in [5.74, 6) is 1.29. The Hall–Kier alpha value is -3.08. The minimum absolute atomic E-state index is 0.0350. The number of ether oxygens (including phenoxy) is 2. The molecule has 2 aliphatic heterocycles. The largest absolute Gasteiger partial charge is 0.454 e. The summed E-state index contributed by atoms with van der Waals surface area (Å²) >= 11 is 0. The van der Waals surface area contributed by atoms with Crippen LogP contribution in [0.3, 0.4) is 0 Å². The molecule has 5 heteroatoms. The number of amides is 1. The summed E-state index contributed by atoms with van der Waals surface area (Å²) < 4.78 is 11.0. The second kappa shape index (κ2) is 7.26. The van der Waals surface area contributed by atoms with E-state index in [0.717, 1.165) is 34.5 Å². The Morgan fingerprint density at radius 3 is 2.61 bits per heavy atom. The molecule has 0 radical (unpaired) electrons. The van der Waals surface area contributed by atoms with Crippen LogP contribution >= 0.6 is 0 Å². The van der Waals surface area contributed by atoms with E-state index in [2.05, 4.69) is 26.8 Å². The van der Waals surface area contributed by atoms with E-state index in [4.69, 9.17) is 9.47 Å². The molecule has 0 saturated heterocycles. The number of rotatable bonds is 3. The van der Waals surface area contributed by atoms with Crippen LogP contribution in [0.1, 0.15) is 57.1 Å². The summed E-state index contributed by atoms with van der Waals surface area (Å²) in [7, 11) is 0. The molecule has 3 aliphatic rings. The molecule has 0 saturated carbocycles. The Morgan fingerprint density at radius 2 is 1.81 bits per heavy atom. The highest BCUT2D eigenvalue weighted by Crippen LogP contribution is 2.49. The molecule has 1 amide bonds. The van der Waals surface area contributed by atoms with E-state index in [1.54, 1.807) is 0 Å². The number of benzene rings is 2. The van der Waals surface area contributed by atoms with Gasteiger partial charge in [-0.1, -0.05) is 45.0 Å². The molecule has 1 aliphatic carbocycles. The molecule has 5 nitrogen and oxygen atoms in total. The van der Waals surface area contributed by atoms with Gasteiger partial charge in [-0.15, -0.1) is 0 Å². The van der Waals surface area contributed by atoms with Gasteiger partial charge >= 0.3 is 0 Å². The number of ketones is 1. The van der Waals surface area contributed by atoms with E-state index in [9.17, 15) is 9.59 Å². The number of hydrogen-bond donors (Lipinski definition) is 0. The zero-order valence-corrected chi connectivity index (χ0v) is 18.2. The van der Waals surface area contributed by atoms with Gasteiger partial charge in [0.05, 0.1) is 5.69 Å². The maximum absolute atomic E-state index is 13.6. The topological polar surface area (TPSA) is 55.8 Å². The Kier molecular flexibility index (Phi) is 4.65. The number of hydrogen-bond acceptors (Lipinski definition) is 4. The van der Waals surface area contributed by atoms with Crippen molar-refractivity contribution in [3.8, 4) is 11.5 Å². The number of carbonyl (C=O) groups is 2. The lowest BCUT2D eigenvalue weighted by molar-refractivity contribution is -0.121. The van der Waals surface area contributed by atoms with Gasteiger partial charge in [-0.2, -0.15) is 0 Å². The maximum Gasteiger partial charge on any atom is 0.232 e. The first-order valence-corrected chi connectivity index (χ1v) is 10.9. The summed E-state index contributed by atoms with van der Waals surface area (Å²) in [5.41, 5.74) is 4.40. The third kappa shape index (κ3) is 3.32. The minimum atomic E-state index is -0.259. The number of fused-ring (bicyclic) bond motifs is 1. The molecule has 160 valence electrons. The molecule has 0 N–H and O–H groups in total. The minimum Gasteiger partial charge on any atom is -0.454 e. The van der Waals surface area contributed by atoms with Crippen molar-refractivity contribution in [2.24, 2.45) is 5.41 Å². The molecular weight excluding hydrogens is 390 g/mol. The van der Waals surface area contributed by atoms with Gasteiger partial charge in [-0.3, -0.25) is 14.5 Å². The summed E-state index contributed by atoms with van der Waals surface area (Å²) in [6, 6.07) is 13.8. The zero-order valence-electron chi connectivity index (χ0n) is 18.2. The third-order valence-corrected chi connectivity index (χ3v) is 6.56. The highest BCUT2D eigenvalue weighted by atomic mass is 16.7. The second-order valence-electron chi connectivity index (χ2n) is 9.38. The first-order chi connectivity index (χ1) is 14.9. The first-order valence-electron chi connectivity index (χ1n) is 10.9. The summed E-state index contributed by atoms with van der Waals surface area (Å²) in [5, 5.41) is 0. The van der Waals surface area contributed by atoms with Crippen molar-refractivity contribution in [1.82, 2.24) is 0 Å². The number of aryl methyl sites for hydroxylation is 1. The number of anilines is 1. The van der Waals surface area contributed by atoms with Crippen LogP contribution in [0.2, 0.25) is 0 Å². The fraction of sp³-hybridized carbons (Fsp3) is 0.385. The van der Waals surface area contributed by atoms with Crippen molar-refractivity contribution >= 4 is 17.4 Å². The smallest absolute Gasteiger partial charge is 0.232 e. The molecule has 2 aromatic rings. The molecule has 31 heavy (non-hydrogen) atoms. The normalized spacial score (nSPS) is 22.0. The molecular formula is C26H27NO4. The average Bonchev–Trinajstić information content (AvgIpc) is 3.20. The van der Waals surface area contributed by atoms with Crippen molar-refractivity contribution < 1.29 is 19.1 Å². The highest BCUT2D eigenvalue weighted by Gasteiger charge is 2.44. The Labute approximate surface area is 182 Å². The van der Waals surface area contributed by atoms with Crippen molar-refractivity contribution in [1.29, 1.82) is 0 Å². The predicted octanol–water partition coefficient (Wildman–Crippen LogP) is 5.14. The highest BCUT2D eigenvalue weighted by molar-refractivity contribution is 6.08. The molecule has 2 aromatic carbocycles. The SMILES string of the molecule is CCc1ccccc1N1C(=O)CC(c2ccc3c(c2)OCO3)C2=C1CC(C)(C)CC2=O. The standard InChI is InChI=1S/C26H27NO4/c1-4-16-7-5-6-8-19(16)27-20-13-26(2,3)14-21(28)25(20)18(12-24(27)29)17-9-10-22-23(11-17)31-15-30-22/h5-11,18H,4,12-15H2,1-3H3. The van der Waals surface area contributed by atoms with Gasteiger partial charge < -0.3 is 9.47 Å². The molecule has 0 fully saturated rings. The van der Waals surface area contributed by atoms with E-state index in [1.807, 2.05) is 41.3 Å². The molecule has 1 unspecified atom stereocenters. The van der Waals surface area contributed by atoms with Crippen molar-refractivity contribution in [2.75, 3.05) is 11.7 Å². The molecule has 1 atom stereocenters. The van der Waals surface area contributed by atoms with Crippen LogP contribution in [0.15, 0.2) is 53.7 Å². The van der Waals surface area contributed by atoms with Gasteiger partial charge in [0.1, 0.15) is 0 Å². The zero-order chi connectivity index (χ0) is 21.8. The van der Waals surface area contributed by atoms with E-state index in [-0.39, 0.29) is 36.2 Å². The Morgan fingerprint density at radius 1 is 1.03 bits per heavy atom. The van der Waals surface area contributed by atoms with Crippen LogP contribution in [0, 0.1) is 5.41 Å². The number of carbonyl (C=O) groups excluding carboxylic acids is 2. The summed E-state index contributed by atoms with van der Waals surface area (Å²) in [4.78, 5) is 28.9. The van der Waals surface area contributed by atoms with Gasteiger partial charge in [0.25, 0.3) is 0 Å². The number of allylic oxidation sites excluding steroid dienone is 2. The lowest BCUT2D eigenvalue weighted by Gasteiger charge is -2.43. The van der Waals surface area contributed by atoms with Gasteiger partial charge in [-0.25, -0.2) is 0 Å². The number of nitrogens with zero attached hydrogens (tertiary/aromatic N) is 1. The molecule has 0 spiro atoms. The summed E-state index contributed by atoms with van der Waals surface area (Å²) in [6.45, 7) is 6.50. The molecule has 0 aromatic heterocycles.